The lowest BCUT2D eigenvalue weighted by Gasteiger charge is -2.39. The Hall–Kier alpha value is -1.80. The van der Waals surface area contributed by atoms with Crippen LogP contribution in [0.4, 0.5) is 0 Å². The second-order valence-electron chi connectivity index (χ2n) is 7.76. The number of fused-ring (bicyclic) bond motifs is 3. The minimum Gasteiger partial charge on any atom is -0.340 e. The highest BCUT2D eigenvalue weighted by Crippen LogP contribution is 2.29. The molecule has 25 heavy (non-hydrogen) atoms. The smallest absolute Gasteiger partial charge is 0.0491 e. The number of benzene rings is 2. The minimum atomic E-state index is 0.761. The first-order valence-corrected chi connectivity index (χ1v) is 9.97. The molecule has 132 valence electrons. The van der Waals surface area contributed by atoms with Gasteiger partial charge >= 0.3 is 0 Å². The molecule has 0 unspecified atom stereocenters. The molecule has 4 rings (SSSR count). The molecule has 3 aromatic rings. The summed E-state index contributed by atoms with van der Waals surface area (Å²) in [5.41, 5.74) is 2.76. The topological polar surface area (TPSA) is 8.17 Å². The number of para-hydroxylation sites is 2. The Morgan fingerprint density at radius 2 is 1.28 bits per heavy atom. The van der Waals surface area contributed by atoms with Gasteiger partial charge in [-0.25, -0.2) is 0 Å². The minimum absolute atomic E-state index is 0.761. The van der Waals surface area contributed by atoms with Crippen LogP contribution in [-0.4, -0.2) is 28.1 Å². The summed E-state index contributed by atoms with van der Waals surface area (Å²) in [6, 6.07) is 19.2. The highest BCUT2D eigenvalue weighted by molar-refractivity contribution is 6.07. The first-order chi connectivity index (χ1) is 12.3. The van der Waals surface area contributed by atoms with Crippen LogP contribution in [0.5, 0.6) is 0 Å². The summed E-state index contributed by atoms with van der Waals surface area (Å²) < 4.78 is 2.52. The maximum absolute atomic E-state index is 2.73. The lowest BCUT2D eigenvalue weighted by Crippen LogP contribution is -2.44. The number of aromatic nitrogens is 1. The maximum Gasteiger partial charge on any atom is 0.0491 e. The zero-order chi connectivity index (χ0) is 17.2. The first-order valence-electron chi connectivity index (χ1n) is 9.97. The SMILES string of the molecule is C[C@H]1CCC[C@H](C)N1CCCCn1c2ccccc2c2ccccc21. The van der Waals surface area contributed by atoms with Crippen LogP contribution >= 0.6 is 0 Å². The van der Waals surface area contributed by atoms with Gasteiger partial charge in [-0.05, 0) is 58.2 Å². The number of rotatable bonds is 5. The molecule has 2 heterocycles. The van der Waals surface area contributed by atoms with Crippen LogP contribution in [-0.2, 0) is 6.54 Å². The Balaban J connectivity index is 1.47. The van der Waals surface area contributed by atoms with Crippen molar-refractivity contribution in [2.24, 2.45) is 0 Å². The molecule has 1 fully saturated rings. The third-order valence-corrected chi connectivity index (χ3v) is 6.10. The van der Waals surface area contributed by atoms with Gasteiger partial charge in [0.25, 0.3) is 0 Å². The Bertz CT molecular complexity index is 784. The van der Waals surface area contributed by atoms with E-state index < -0.39 is 0 Å². The summed E-state index contributed by atoms with van der Waals surface area (Å²) in [5.74, 6) is 0. The van der Waals surface area contributed by atoms with E-state index in [0.717, 1.165) is 18.6 Å². The van der Waals surface area contributed by atoms with E-state index in [2.05, 4.69) is 71.8 Å². The quantitative estimate of drug-likeness (QED) is 0.532. The summed E-state index contributed by atoms with van der Waals surface area (Å²) in [5, 5.41) is 2.77. The average Bonchev–Trinajstić information content (AvgIpc) is 2.95. The van der Waals surface area contributed by atoms with Gasteiger partial charge in [-0.3, -0.25) is 4.90 Å². The van der Waals surface area contributed by atoms with Crippen molar-refractivity contribution in [3.05, 3.63) is 48.5 Å². The second kappa shape index (κ2) is 7.21. The zero-order valence-corrected chi connectivity index (χ0v) is 15.6. The van der Waals surface area contributed by atoms with E-state index in [1.165, 1.54) is 60.5 Å². The van der Waals surface area contributed by atoms with Gasteiger partial charge in [0.2, 0.25) is 0 Å². The fraction of sp³-hybridized carbons (Fsp3) is 0.478. The second-order valence-corrected chi connectivity index (χ2v) is 7.76. The number of nitrogens with zero attached hydrogens (tertiary/aromatic N) is 2. The van der Waals surface area contributed by atoms with E-state index in [0.29, 0.717) is 0 Å². The molecule has 2 aromatic carbocycles. The van der Waals surface area contributed by atoms with Crippen molar-refractivity contribution in [1.29, 1.82) is 0 Å². The highest BCUT2D eigenvalue weighted by Gasteiger charge is 2.23. The van der Waals surface area contributed by atoms with Crippen molar-refractivity contribution < 1.29 is 0 Å². The fourth-order valence-electron chi connectivity index (χ4n) is 4.72. The third-order valence-electron chi connectivity index (χ3n) is 6.10. The molecule has 0 saturated carbocycles. The molecule has 1 saturated heterocycles. The molecule has 0 N–H and O–H groups in total. The van der Waals surface area contributed by atoms with Gasteiger partial charge in [-0.2, -0.15) is 0 Å². The molecule has 1 aromatic heterocycles. The standard InChI is InChI=1S/C23H30N2/c1-18-10-9-11-19(2)24(18)16-7-8-17-25-22-14-5-3-12-20(22)21-13-4-6-15-23(21)25/h3-6,12-15,18-19H,7-11,16-17H2,1-2H3/t18-,19-/m0/s1. The van der Waals surface area contributed by atoms with E-state index in [4.69, 9.17) is 0 Å². The number of aryl methyl sites for hydroxylation is 1. The molecule has 2 atom stereocenters. The van der Waals surface area contributed by atoms with Crippen molar-refractivity contribution >= 4 is 21.8 Å². The largest absolute Gasteiger partial charge is 0.340 e. The lowest BCUT2D eigenvalue weighted by atomic mass is 9.97. The van der Waals surface area contributed by atoms with E-state index >= 15 is 0 Å². The van der Waals surface area contributed by atoms with Crippen molar-refractivity contribution in [2.75, 3.05) is 6.54 Å². The van der Waals surface area contributed by atoms with Gasteiger partial charge in [-0.1, -0.05) is 42.8 Å². The fourth-order valence-corrected chi connectivity index (χ4v) is 4.72. The Labute approximate surface area is 151 Å². The molecule has 1 aliphatic rings. The molecule has 1 aliphatic heterocycles. The summed E-state index contributed by atoms with van der Waals surface area (Å²) in [6.07, 6.45) is 6.68. The Morgan fingerprint density at radius 3 is 1.88 bits per heavy atom. The van der Waals surface area contributed by atoms with E-state index in [9.17, 15) is 0 Å². The number of unbranched alkanes of at least 4 members (excludes halogenated alkanes) is 1. The molecule has 2 nitrogen and oxygen atoms in total. The van der Waals surface area contributed by atoms with Crippen molar-refractivity contribution in [3.63, 3.8) is 0 Å². The Kier molecular flexibility index (Phi) is 4.80. The average molecular weight is 335 g/mol. The molecule has 0 bridgehead atoms. The number of hydrogen-bond acceptors (Lipinski definition) is 1. The summed E-state index contributed by atoms with van der Waals surface area (Å²) in [7, 11) is 0. The molecule has 0 aliphatic carbocycles. The first kappa shape index (κ1) is 16.7. The van der Waals surface area contributed by atoms with Gasteiger partial charge in [-0.15, -0.1) is 0 Å². The molecular formula is C23H30N2. The summed E-state index contributed by atoms with van der Waals surface area (Å²) in [6.45, 7) is 7.18. The van der Waals surface area contributed by atoms with E-state index in [-0.39, 0.29) is 0 Å². The lowest BCUT2D eigenvalue weighted by molar-refractivity contribution is 0.101. The van der Waals surface area contributed by atoms with Crippen molar-refractivity contribution in [3.8, 4) is 0 Å². The molecule has 0 spiro atoms. The van der Waals surface area contributed by atoms with Crippen LogP contribution in [0.3, 0.4) is 0 Å². The molecule has 2 heteroatoms. The number of hydrogen-bond donors (Lipinski definition) is 0. The maximum atomic E-state index is 2.73. The number of likely N-dealkylation sites (tertiary alicyclic amines) is 1. The van der Waals surface area contributed by atoms with Gasteiger partial charge in [0.1, 0.15) is 0 Å². The molecule has 0 radical (unpaired) electrons. The van der Waals surface area contributed by atoms with Gasteiger partial charge in [0.15, 0.2) is 0 Å². The molecule has 0 amide bonds. The Morgan fingerprint density at radius 1 is 0.760 bits per heavy atom. The van der Waals surface area contributed by atoms with Crippen LogP contribution in [0.1, 0.15) is 46.0 Å². The van der Waals surface area contributed by atoms with Gasteiger partial charge < -0.3 is 4.57 Å². The van der Waals surface area contributed by atoms with Crippen LogP contribution in [0.15, 0.2) is 48.5 Å². The van der Waals surface area contributed by atoms with Crippen LogP contribution in [0.2, 0.25) is 0 Å². The van der Waals surface area contributed by atoms with Gasteiger partial charge in [0.05, 0.1) is 0 Å². The van der Waals surface area contributed by atoms with E-state index in [1.54, 1.807) is 0 Å². The molecular weight excluding hydrogens is 304 g/mol. The predicted octanol–water partition coefficient (Wildman–Crippen LogP) is 5.84. The highest BCUT2D eigenvalue weighted by atomic mass is 15.2. The monoisotopic (exact) mass is 334 g/mol. The third kappa shape index (κ3) is 3.20. The van der Waals surface area contributed by atoms with Crippen LogP contribution in [0.25, 0.3) is 21.8 Å². The van der Waals surface area contributed by atoms with Crippen LogP contribution < -0.4 is 0 Å². The van der Waals surface area contributed by atoms with Gasteiger partial charge in [0, 0.05) is 40.4 Å². The summed E-state index contributed by atoms with van der Waals surface area (Å²) >= 11 is 0. The van der Waals surface area contributed by atoms with Crippen LogP contribution in [0, 0.1) is 0 Å². The summed E-state index contributed by atoms with van der Waals surface area (Å²) in [4.78, 5) is 2.73. The predicted molar refractivity (Wildman–Crippen MR) is 108 cm³/mol. The number of piperidine rings is 1. The normalized spacial score (nSPS) is 22.0. The van der Waals surface area contributed by atoms with Crippen molar-refractivity contribution in [1.82, 2.24) is 9.47 Å². The zero-order valence-electron chi connectivity index (χ0n) is 15.6. The van der Waals surface area contributed by atoms with Crippen molar-refractivity contribution in [2.45, 2.75) is 64.6 Å². The van der Waals surface area contributed by atoms with E-state index in [1.807, 2.05) is 0 Å².